The molecule has 5 nitrogen and oxygen atoms in total. The lowest BCUT2D eigenvalue weighted by Crippen LogP contribution is -2.11. The van der Waals surface area contributed by atoms with Crippen LogP contribution in [0.1, 0.15) is 39.6 Å². The van der Waals surface area contributed by atoms with E-state index < -0.39 is 23.3 Å². The molecule has 168 valence electrons. The number of thiophene rings is 1. The summed E-state index contributed by atoms with van der Waals surface area (Å²) in [5, 5.41) is 14.7. The molecule has 3 heterocycles. The van der Waals surface area contributed by atoms with Gasteiger partial charge in [-0.2, -0.15) is 13.2 Å². The summed E-state index contributed by atoms with van der Waals surface area (Å²) in [5.41, 5.74) is 1.16. The van der Waals surface area contributed by atoms with Crippen LogP contribution in [0.15, 0.2) is 54.0 Å². The largest absolute Gasteiger partial charge is 0.478 e. The normalized spacial score (nSPS) is 13.8. The molecular formula is C23H16F3N3O2S2. The van der Waals surface area contributed by atoms with Crippen molar-refractivity contribution in [3.05, 3.63) is 70.0 Å². The van der Waals surface area contributed by atoms with Gasteiger partial charge in [-0.15, -0.1) is 22.7 Å². The maximum Gasteiger partial charge on any atom is 0.417 e. The molecule has 1 aliphatic rings. The van der Waals surface area contributed by atoms with Crippen LogP contribution in [0, 0.1) is 0 Å². The first-order chi connectivity index (χ1) is 15.8. The SMILES string of the molecule is O=C(O)c1cc(C(F)(F)F)cnc1Nc1nc(-c2ccc(-c3cccs3)cc2)c(C2CC2)s1. The van der Waals surface area contributed by atoms with Crippen molar-refractivity contribution < 1.29 is 23.1 Å². The Morgan fingerprint density at radius 3 is 2.45 bits per heavy atom. The second-order valence-electron chi connectivity index (χ2n) is 7.61. The number of hydrogen-bond acceptors (Lipinski definition) is 6. The first kappa shape index (κ1) is 21.6. The van der Waals surface area contributed by atoms with Crippen LogP contribution in [-0.4, -0.2) is 21.0 Å². The number of carboxylic acids is 1. The Balaban J connectivity index is 1.48. The minimum absolute atomic E-state index is 0.175. The van der Waals surface area contributed by atoms with Gasteiger partial charge in [0.2, 0.25) is 0 Å². The van der Waals surface area contributed by atoms with E-state index >= 15 is 0 Å². The van der Waals surface area contributed by atoms with Crippen LogP contribution in [-0.2, 0) is 6.18 Å². The van der Waals surface area contributed by atoms with Gasteiger partial charge < -0.3 is 10.4 Å². The molecule has 0 unspecified atom stereocenters. The van der Waals surface area contributed by atoms with Crippen molar-refractivity contribution in [1.29, 1.82) is 0 Å². The van der Waals surface area contributed by atoms with Gasteiger partial charge in [0.05, 0.1) is 11.3 Å². The highest BCUT2D eigenvalue weighted by atomic mass is 32.1. The quantitative estimate of drug-likeness (QED) is 0.299. The number of thiazole rings is 1. The number of rotatable bonds is 6. The number of aromatic carboxylic acids is 1. The van der Waals surface area contributed by atoms with Crippen LogP contribution < -0.4 is 5.32 Å². The van der Waals surface area contributed by atoms with Crippen molar-refractivity contribution in [3.8, 4) is 21.7 Å². The van der Waals surface area contributed by atoms with Crippen LogP contribution in [0.4, 0.5) is 24.1 Å². The average Bonchev–Trinajstić information content (AvgIpc) is 3.30. The number of benzene rings is 1. The minimum atomic E-state index is -4.68. The van der Waals surface area contributed by atoms with Crippen molar-refractivity contribution in [1.82, 2.24) is 9.97 Å². The third-order valence-corrected chi connectivity index (χ3v) is 7.29. The summed E-state index contributed by atoms with van der Waals surface area (Å²) in [7, 11) is 0. The zero-order valence-corrected chi connectivity index (χ0v) is 18.5. The Kier molecular flexibility index (Phi) is 5.41. The fraction of sp³-hybridized carbons (Fsp3) is 0.174. The van der Waals surface area contributed by atoms with E-state index in [0.717, 1.165) is 34.5 Å². The molecule has 0 bridgehead atoms. The molecule has 10 heteroatoms. The molecule has 1 saturated carbocycles. The maximum atomic E-state index is 13.0. The number of hydrogen-bond donors (Lipinski definition) is 2. The highest BCUT2D eigenvalue weighted by Crippen LogP contribution is 2.49. The molecule has 1 aromatic carbocycles. The number of halogens is 3. The molecule has 3 aromatic heterocycles. The van der Waals surface area contributed by atoms with E-state index in [1.165, 1.54) is 16.2 Å². The van der Waals surface area contributed by atoms with E-state index in [0.29, 0.717) is 23.3 Å². The number of aromatic nitrogens is 2. The maximum absolute atomic E-state index is 13.0. The second-order valence-corrected chi connectivity index (χ2v) is 9.59. The number of carbonyl (C=O) groups is 1. The van der Waals surface area contributed by atoms with Gasteiger partial charge in [-0.1, -0.05) is 30.3 Å². The van der Waals surface area contributed by atoms with Crippen LogP contribution in [0.25, 0.3) is 21.7 Å². The van der Waals surface area contributed by atoms with Crippen LogP contribution in [0.5, 0.6) is 0 Å². The van der Waals surface area contributed by atoms with Crippen LogP contribution in [0.2, 0.25) is 0 Å². The predicted molar refractivity (Wildman–Crippen MR) is 122 cm³/mol. The van der Waals surface area contributed by atoms with E-state index in [2.05, 4.69) is 21.4 Å². The molecular weight excluding hydrogens is 471 g/mol. The van der Waals surface area contributed by atoms with Gasteiger partial charge in [0.1, 0.15) is 11.4 Å². The summed E-state index contributed by atoms with van der Waals surface area (Å²) in [5.74, 6) is -1.30. The first-order valence-corrected chi connectivity index (χ1v) is 11.7. The molecule has 2 N–H and O–H groups in total. The summed E-state index contributed by atoms with van der Waals surface area (Å²) >= 11 is 3.03. The first-order valence-electron chi connectivity index (χ1n) is 10.0. The zero-order valence-electron chi connectivity index (χ0n) is 16.9. The summed E-state index contributed by atoms with van der Waals surface area (Å²) in [6.45, 7) is 0. The van der Waals surface area contributed by atoms with E-state index in [1.54, 1.807) is 11.3 Å². The number of carboxylic acid groups (broad SMARTS) is 1. The van der Waals surface area contributed by atoms with Crippen LogP contribution >= 0.6 is 22.7 Å². The molecule has 0 amide bonds. The second kappa shape index (κ2) is 8.27. The average molecular weight is 488 g/mol. The molecule has 0 radical (unpaired) electrons. The Morgan fingerprint density at radius 2 is 1.85 bits per heavy atom. The zero-order chi connectivity index (χ0) is 23.2. The number of nitrogens with one attached hydrogen (secondary N) is 1. The number of nitrogens with zero attached hydrogens (tertiary/aromatic N) is 2. The van der Waals surface area contributed by atoms with Crippen LogP contribution in [0.3, 0.4) is 0 Å². The summed E-state index contributed by atoms with van der Waals surface area (Å²) in [4.78, 5) is 22.2. The smallest absolute Gasteiger partial charge is 0.417 e. The fourth-order valence-corrected chi connectivity index (χ4v) is 5.32. The number of alkyl halides is 3. The fourth-order valence-electron chi connectivity index (χ4n) is 3.43. The van der Waals surface area contributed by atoms with Gasteiger partial charge in [0, 0.05) is 21.5 Å². The highest BCUT2D eigenvalue weighted by Gasteiger charge is 2.33. The van der Waals surface area contributed by atoms with Crippen molar-refractivity contribution in [2.75, 3.05) is 5.32 Å². The molecule has 0 spiro atoms. The van der Waals surface area contributed by atoms with E-state index in [-0.39, 0.29) is 5.82 Å². The third kappa shape index (κ3) is 4.49. The summed E-state index contributed by atoms with van der Waals surface area (Å²) in [6.07, 6.45) is -1.98. The molecule has 1 aliphatic carbocycles. The number of pyridine rings is 1. The number of anilines is 2. The minimum Gasteiger partial charge on any atom is -0.478 e. The highest BCUT2D eigenvalue weighted by molar-refractivity contribution is 7.16. The van der Waals surface area contributed by atoms with Crippen molar-refractivity contribution in [3.63, 3.8) is 0 Å². The van der Waals surface area contributed by atoms with Crippen molar-refractivity contribution >= 4 is 39.6 Å². The third-order valence-electron chi connectivity index (χ3n) is 5.24. The lowest BCUT2D eigenvalue weighted by atomic mass is 10.1. The van der Waals surface area contributed by atoms with Gasteiger partial charge >= 0.3 is 12.1 Å². The van der Waals surface area contributed by atoms with Gasteiger partial charge in [0.15, 0.2) is 5.13 Å². The standard InChI is InChI=1S/C23H16F3N3O2S2/c24-23(25,26)15-10-16(21(30)31)20(27-11-15)29-22-28-18(19(33-22)14-7-8-14)13-5-3-12(4-6-13)17-2-1-9-32-17/h1-6,9-11,14H,7-8H2,(H,30,31)(H,27,28,29). The molecule has 1 fully saturated rings. The predicted octanol–water partition coefficient (Wildman–Crippen LogP) is 7.27. The molecule has 0 aliphatic heterocycles. The monoisotopic (exact) mass is 487 g/mol. The Hall–Kier alpha value is -3.24. The van der Waals surface area contributed by atoms with E-state index in [4.69, 9.17) is 0 Å². The van der Waals surface area contributed by atoms with Crippen molar-refractivity contribution in [2.24, 2.45) is 0 Å². The van der Waals surface area contributed by atoms with Gasteiger partial charge in [-0.25, -0.2) is 14.8 Å². The Morgan fingerprint density at radius 1 is 1.12 bits per heavy atom. The van der Waals surface area contributed by atoms with Crippen molar-refractivity contribution in [2.45, 2.75) is 24.9 Å². The molecule has 0 saturated heterocycles. The summed E-state index contributed by atoms with van der Waals surface area (Å²) < 4.78 is 39.0. The lowest BCUT2D eigenvalue weighted by Gasteiger charge is -2.10. The van der Waals surface area contributed by atoms with E-state index in [9.17, 15) is 23.1 Å². The summed E-state index contributed by atoms with van der Waals surface area (Å²) in [6, 6.07) is 12.7. The topological polar surface area (TPSA) is 75.1 Å². The van der Waals surface area contributed by atoms with Gasteiger partial charge in [0.25, 0.3) is 0 Å². The van der Waals surface area contributed by atoms with Gasteiger partial charge in [-0.05, 0) is 41.8 Å². The Bertz CT molecular complexity index is 1310. The molecule has 5 rings (SSSR count). The van der Waals surface area contributed by atoms with Gasteiger partial charge in [-0.3, -0.25) is 0 Å². The molecule has 0 atom stereocenters. The van der Waals surface area contributed by atoms with E-state index in [1.807, 2.05) is 35.7 Å². The lowest BCUT2D eigenvalue weighted by molar-refractivity contribution is -0.137. The molecule has 4 aromatic rings. The Labute approximate surface area is 194 Å². The molecule has 33 heavy (non-hydrogen) atoms.